The highest BCUT2D eigenvalue weighted by atomic mass is 35.5. The molecule has 1 aromatic carbocycles. The van der Waals surface area contributed by atoms with Crippen molar-refractivity contribution in [2.75, 3.05) is 0 Å². The van der Waals surface area contributed by atoms with Gasteiger partial charge in [-0.25, -0.2) is 4.39 Å². The number of aryl methyl sites for hydroxylation is 1. The second-order valence-corrected chi connectivity index (χ2v) is 3.77. The molecule has 0 bridgehead atoms. The molecule has 0 radical (unpaired) electrons. The van der Waals surface area contributed by atoms with E-state index in [2.05, 4.69) is 0 Å². The van der Waals surface area contributed by atoms with Crippen LogP contribution in [0, 0.1) is 24.1 Å². The van der Waals surface area contributed by atoms with E-state index >= 15 is 0 Å². The number of nitrogens with two attached hydrogens (primary N) is 1. The minimum atomic E-state index is -1.40. The summed E-state index contributed by atoms with van der Waals surface area (Å²) in [5.74, 6) is -0.510. The van der Waals surface area contributed by atoms with Gasteiger partial charge in [-0.3, -0.25) is 0 Å². The van der Waals surface area contributed by atoms with Crippen molar-refractivity contribution in [2.24, 2.45) is 5.73 Å². The molecule has 2 N–H and O–H groups in total. The number of nitriles is 1. The van der Waals surface area contributed by atoms with Gasteiger partial charge >= 0.3 is 0 Å². The summed E-state index contributed by atoms with van der Waals surface area (Å²) in [4.78, 5) is 0. The van der Waals surface area contributed by atoms with Crippen LogP contribution in [0.4, 0.5) is 4.39 Å². The maximum Gasteiger partial charge on any atom is 0.133 e. The first-order chi connectivity index (χ1) is 6.40. The molecule has 1 aromatic rings. The SMILES string of the molecule is Cc1ccc(Cl)c([C@@](C)(N)C#N)c1F. The molecular formula is C10H10ClFN2. The molecule has 1 rings (SSSR count). The van der Waals surface area contributed by atoms with Crippen LogP contribution >= 0.6 is 11.6 Å². The quantitative estimate of drug-likeness (QED) is 0.778. The van der Waals surface area contributed by atoms with Crippen LogP contribution in [0.3, 0.4) is 0 Å². The highest BCUT2D eigenvalue weighted by Gasteiger charge is 2.28. The summed E-state index contributed by atoms with van der Waals surface area (Å²) in [6, 6.07) is 4.91. The molecule has 0 saturated heterocycles. The average molecular weight is 213 g/mol. The van der Waals surface area contributed by atoms with Crippen LogP contribution in [0.5, 0.6) is 0 Å². The molecule has 0 spiro atoms. The number of halogens is 2. The molecule has 0 aromatic heterocycles. The Morgan fingerprint density at radius 3 is 2.64 bits per heavy atom. The van der Waals surface area contributed by atoms with Gasteiger partial charge in [-0.1, -0.05) is 17.7 Å². The van der Waals surface area contributed by atoms with E-state index in [0.29, 0.717) is 5.56 Å². The number of hydrogen-bond acceptors (Lipinski definition) is 2. The number of rotatable bonds is 1. The van der Waals surface area contributed by atoms with Crippen LogP contribution in [-0.4, -0.2) is 0 Å². The van der Waals surface area contributed by atoms with Crippen LogP contribution in [0.1, 0.15) is 18.1 Å². The Balaban J connectivity index is 3.49. The standard InChI is InChI=1S/C10H10ClFN2/c1-6-3-4-7(11)8(9(6)12)10(2,14)5-13/h3-4H,14H2,1-2H3/t10-/m0/s1. The van der Waals surface area contributed by atoms with Crippen molar-refractivity contribution in [2.45, 2.75) is 19.4 Å². The Morgan fingerprint density at radius 2 is 2.14 bits per heavy atom. The lowest BCUT2D eigenvalue weighted by molar-refractivity contribution is 0.545. The van der Waals surface area contributed by atoms with E-state index in [1.807, 2.05) is 6.07 Å². The average Bonchev–Trinajstić information content (AvgIpc) is 2.12. The Morgan fingerprint density at radius 1 is 1.57 bits per heavy atom. The van der Waals surface area contributed by atoms with Gasteiger partial charge in [-0.05, 0) is 25.5 Å². The maximum absolute atomic E-state index is 13.6. The second kappa shape index (κ2) is 3.56. The Hall–Kier alpha value is -1.11. The van der Waals surface area contributed by atoms with Crippen molar-refractivity contribution in [3.05, 3.63) is 34.1 Å². The van der Waals surface area contributed by atoms with E-state index in [9.17, 15) is 4.39 Å². The summed E-state index contributed by atoms with van der Waals surface area (Å²) in [6.45, 7) is 3.03. The van der Waals surface area contributed by atoms with Gasteiger partial charge in [-0.15, -0.1) is 0 Å². The lowest BCUT2D eigenvalue weighted by atomic mass is 9.93. The molecule has 14 heavy (non-hydrogen) atoms. The summed E-state index contributed by atoms with van der Waals surface area (Å²) in [5.41, 5.74) is 4.71. The molecule has 2 nitrogen and oxygen atoms in total. The summed E-state index contributed by atoms with van der Waals surface area (Å²) in [6.07, 6.45) is 0. The summed E-state index contributed by atoms with van der Waals surface area (Å²) in [7, 11) is 0. The topological polar surface area (TPSA) is 49.8 Å². The lowest BCUT2D eigenvalue weighted by Crippen LogP contribution is -2.32. The normalized spacial score (nSPS) is 14.6. The van der Waals surface area contributed by atoms with Gasteiger partial charge in [-0.2, -0.15) is 5.26 Å². The van der Waals surface area contributed by atoms with E-state index in [1.165, 1.54) is 13.0 Å². The molecule has 1 atom stereocenters. The predicted octanol–water partition coefficient (Wildman–Crippen LogP) is 2.48. The van der Waals surface area contributed by atoms with Gasteiger partial charge in [0.15, 0.2) is 0 Å². The van der Waals surface area contributed by atoms with Gasteiger partial charge in [0, 0.05) is 10.6 Å². The van der Waals surface area contributed by atoms with Crippen LogP contribution in [0.2, 0.25) is 5.02 Å². The van der Waals surface area contributed by atoms with Crippen LogP contribution in [0.25, 0.3) is 0 Å². The van der Waals surface area contributed by atoms with Gasteiger partial charge in [0.1, 0.15) is 11.4 Å². The van der Waals surface area contributed by atoms with Crippen molar-refractivity contribution >= 4 is 11.6 Å². The van der Waals surface area contributed by atoms with E-state index in [1.54, 1.807) is 13.0 Å². The minimum absolute atomic E-state index is 0.0571. The molecule has 74 valence electrons. The predicted molar refractivity (Wildman–Crippen MR) is 53.3 cm³/mol. The smallest absolute Gasteiger partial charge is 0.133 e. The second-order valence-electron chi connectivity index (χ2n) is 3.37. The summed E-state index contributed by atoms with van der Waals surface area (Å²) >= 11 is 5.79. The monoisotopic (exact) mass is 212 g/mol. The van der Waals surface area contributed by atoms with Crippen LogP contribution in [0.15, 0.2) is 12.1 Å². The van der Waals surface area contributed by atoms with Gasteiger partial charge in [0.05, 0.1) is 6.07 Å². The molecule has 0 aliphatic heterocycles. The van der Waals surface area contributed by atoms with Gasteiger partial charge in [0.2, 0.25) is 0 Å². The van der Waals surface area contributed by atoms with Gasteiger partial charge in [0.25, 0.3) is 0 Å². The van der Waals surface area contributed by atoms with E-state index in [0.717, 1.165) is 0 Å². The fourth-order valence-corrected chi connectivity index (χ4v) is 1.53. The molecule has 0 aliphatic carbocycles. The van der Waals surface area contributed by atoms with E-state index in [4.69, 9.17) is 22.6 Å². The third-order valence-corrected chi connectivity index (χ3v) is 2.35. The number of benzene rings is 1. The molecule has 0 unspecified atom stereocenters. The van der Waals surface area contributed by atoms with E-state index < -0.39 is 11.4 Å². The first kappa shape index (κ1) is 11.0. The summed E-state index contributed by atoms with van der Waals surface area (Å²) < 4.78 is 13.6. The van der Waals surface area contributed by atoms with Crippen LogP contribution < -0.4 is 5.73 Å². The Labute approximate surface area is 87.1 Å². The Kier molecular flexibility index (Phi) is 2.79. The zero-order valence-corrected chi connectivity index (χ0v) is 8.69. The molecule has 0 saturated carbocycles. The lowest BCUT2D eigenvalue weighted by Gasteiger charge is -2.19. The zero-order chi connectivity index (χ0) is 10.9. The molecule has 0 amide bonds. The highest BCUT2D eigenvalue weighted by molar-refractivity contribution is 6.31. The maximum atomic E-state index is 13.6. The molecule has 0 heterocycles. The van der Waals surface area contributed by atoms with Crippen molar-refractivity contribution in [1.29, 1.82) is 5.26 Å². The molecular weight excluding hydrogens is 203 g/mol. The molecule has 4 heteroatoms. The Bertz CT molecular complexity index is 407. The third kappa shape index (κ3) is 1.72. The number of hydrogen-bond donors (Lipinski definition) is 1. The first-order valence-corrected chi connectivity index (χ1v) is 4.43. The van der Waals surface area contributed by atoms with Crippen LogP contribution in [-0.2, 0) is 5.54 Å². The third-order valence-electron chi connectivity index (χ3n) is 2.04. The molecule has 0 fully saturated rings. The van der Waals surface area contributed by atoms with Gasteiger partial charge < -0.3 is 5.73 Å². The van der Waals surface area contributed by atoms with E-state index in [-0.39, 0.29) is 10.6 Å². The van der Waals surface area contributed by atoms with Crippen molar-refractivity contribution in [1.82, 2.24) is 0 Å². The minimum Gasteiger partial charge on any atom is -0.310 e. The number of nitrogens with zero attached hydrogens (tertiary/aromatic N) is 1. The van der Waals surface area contributed by atoms with Crippen molar-refractivity contribution in [3.63, 3.8) is 0 Å². The largest absolute Gasteiger partial charge is 0.310 e. The summed E-state index contributed by atoms with van der Waals surface area (Å²) in [5, 5.41) is 8.97. The fraction of sp³-hybridized carbons (Fsp3) is 0.300. The van der Waals surface area contributed by atoms with Crippen molar-refractivity contribution in [3.8, 4) is 6.07 Å². The highest BCUT2D eigenvalue weighted by Crippen LogP contribution is 2.29. The zero-order valence-electron chi connectivity index (χ0n) is 7.94. The molecule has 0 aliphatic rings. The first-order valence-electron chi connectivity index (χ1n) is 4.05. The van der Waals surface area contributed by atoms with Crippen molar-refractivity contribution < 1.29 is 4.39 Å². The fourth-order valence-electron chi connectivity index (χ4n) is 1.19.